The molecular formula is C11H20N4O. The van der Waals surface area contributed by atoms with Gasteiger partial charge in [0.1, 0.15) is 5.82 Å². The van der Waals surface area contributed by atoms with Crippen molar-refractivity contribution in [1.29, 1.82) is 0 Å². The second kappa shape index (κ2) is 5.79. The quantitative estimate of drug-likeness (QED) is 0.511. The molecule has 5 N–H and O–H groups in total. The van der Waals surface area contributed by atoms with Gasteiger partial charge < -0.3 is 10.5 Å². The van der Waals surface area contributed by atoms with Gasteiger partial charge in [-0.15, -0.1) is 0 Å². The normalized spacial score (nSPS) is 14.8. The molecule has 0 aliphatic rings. The third-order valence-corrected chi connectivity index (χ3v) is 2.76. The van der Waals surface area contributed by atoms with E-state index in [0.29, 0.717) is 5.82 Å². The molecular weight excluding hydrogens is 204 g/mol. The smallest absolute Gasteiger partial charge is 0.128 e. The molecule has 0 radical (unpaired) electrons. The molecule has 5 heteroatoms. The fraction of sp³-hybridized carbons (Fsp3) is 0.545. The Morgan fingerprint density at radius 3 is 2.75 bits per heavy atom. The van der Waals surface area contributed by atoms with E-state index < -0.39 is 0 Å². The van der Waals surface area contributed by atoms with Crippen molar-refractivity contribution in [2.75, 3.05) is 12.8 Å². The average molecular weight is 224 g/mol. The van der Waals surface area contributed by atoms with Crippen LogP contribution in [0.4, 0.5) is 5.82 Å². The Balaban J connectivity index is 2.94. The average Bonchev–Trinajstić information content (AvgIpc) is 2.27. The number of nitrogen functional groups attached to an aromatic ring is 1. The zero-order valence-electron chi connectivity index (χ0n) is 10.0. The van der Waals surface area contributed by atoms with Gasteiger partial charge >= 0.3 is 0 Å². The van der Waals surface area contributed by atoms with Gasteiger partial charge in [0, 0.05) is 18.9 Å². The fourth-order valence-corrected chi connectivity index (χ4v) is 1.74. The van der Waals surface area contributed by atoms with E-state index in [-0.39, 0.29) is 12.1 Å². The van der Waals surface area contributed by atoms with Crippen molar-refractivity contribution < 1.29 is 4.74 Å². The molecule has 0 aliphatic carbocycles. The van der Waals surface area contributed by atoms with Gasteiger partial charge in [-0.05, 0) is 31.9 Å². The monoisotopic (exact) mass is 224 g/mol. The van der Waals surface area contributed by atoms with Crippen molar-refractivity contribution in [3.63, 3.8) is 0 Å². The van der Waals surface area contributed by atoms with E-state index >= 15 is 0 Å². The van der Waals surface area contributed by atoms with Gasteiger partial charge in [-0.25, -0.2) is 4.98 Å². The Morgan fingerprint density at radius 1 is 1.56 bits per heavy atom. The number of pyridine rings is 1. The van der Waals surface area contributed by atoms with Gasteiger partial charge in [-0.2, -0.15) is 0 Å². The number of nitrogens with one attached hydrogen (secondary N) is 1. The zero-order chi connectivity index (χ0) is 12.1. The van der Waals surface area contributed by atoms with Crippen LogP contribution in [0.25, 0.3) is 0 Å². The molecule has 5 nitrogen and oxygen atoms in total. The molecule has 0 spiro atoms. The van der Waals surface area contributed by atoms with Crippen molar-refractivity contribution >= 4 is 5.82 Å². The van der Waals surface area contributed by atoms with E-state index in [4.69, 9.17) is 16.3 Å². The van der Waals surface area contributed by atoms with Crippen LogP contribution in [0.15, 0.2) is 12.3 Å². The highest BCUT2D eigenvalue weighted by atomic mass is 16.5. The highest BCUT2D eigenvalue weighted by molar-refractivity contribution is 5.46. The van der Waals surface area contributed by atoms with Crippen LogP contribution >= 0.6 is 0 Å². The van der Waals surface area contributed by atoms with E-state index in [2.05, 4.69) is 10.4 Å². The highest BCUT2D eigenvalue weighted by Gasteiger charge is 2.18. The maximum Gasteiger partial charge on any atom is 0.128 e. The number of nitrogens with two attached hydrogens (primary N) is 2. The maximum atomic E-state index is 5.87. The number of nitrogens with zero attached hydrogens (tertiary/aromatic N) is 1. The Labute approximate surface area is 96.2 Å². The Kier molecular flexibility index (Phi) is 4.67. The van der Waals surface area contributed by atoms with E-state index in [0.717, 1.165) is 17.5 Å². The number of rotatable bonds is 5. The molecule has 90 valence electrons. The molecule has 0 fully saturated rings. The van der Waals surface area contributed by atoms with Crippen molar-refractivity contribution in [1.82, 2.24) is 10.4 Å². The summed E-state index contributed by atoms with van der Waals surface area (Å²) in [6.45, 7) is 3.99. The summed E-state index contributed by atoms with van der Waals surface area (Å²) in [5.41, 5.74) is 10.7. The number of hydrogen-bond donors (Lipinski definition) is 3. The Hall–Kier alpha value is -1.17. The van der Waals surface area contributed by atoms with Crippen LogP contribution in [-0.4, -0.2) is 18.2 Å². The van der Waals surface area contributed by atoms with Gasteiger partial charge in [0.05, 0.1) is 12.1 Å². The number of hydrogen-bond acceptors (Lipinski definition) is 5. The maximum absolute atomic E-state index is 5.87. The minimum Gasteiger partial charge on any atom is -0.383 e. The van der Waals surface area contributed by atoms with Crippen molar-refractivity contribution in [2.45, 2.75) is 32.4 Å². The first-order chi connectivity index (χ1) is 7.60. The summed E-state index contributed by atoms with van der Waals surface area (Å²) in [5, 5.41) is 0. The van der Waals surface area contributed by atoms with Crippen LogP contribution in [0.1, 0.15) is 30.5 Å². The number of hydrazine groups is 1. The molecule has 2 atom stereocenters. The highest BCUT2D eigenvalue weighted by Crippen LogP contribution is 2.25. The molecule has 1 rings (SSSR count). The number of anilines is 1. The molecule has 0 aliphatic heterocycles. The van der Waals surface area contributed by atoms with Crippen LogP contribution in [-0.2, 0) is 4.74 Å². The first-order valence-corrected chi connectivity index (χ1v) is 5.30. The third kappa shape index (κ3) is 2.91. The number of aromatic nitrogens is 1. The van der Waals surface area contributed by atoms with E-state index in [1.807, 2.05) is 19.9 Å². The van der Waals surface area contributed by atoms with Crippen LogP contribution in [0.3, 0.4) is 0 Å². The standard InChI is InChI=1S/C11H20N4O/c1-7-4-5-14-11(12)10(7)9(15-13)6-8(2)16-3/h4-5,8-9,15H,6,13H2,1-3H3,(H2,12,14). The molecule has 16 heavy (non-hydrogen) atoms. The van der Waals surface area contributed by atoms with Gasteiger partial charge in [-0.1, -0.05) is 0 Å². The van der Waals surface area contributed by atoms with Crippen LogP contribution in [0.5, 0.6) is 0 Å². The van der Waals surface area contributed by atoms with Gasteiger partial charge in [0.25, 0.3) is 0 Å². The van der Waals surface area contributed by atoms with Crippen LogP contribution in [0, 0.1) is 6.92 Å². The molecule has 0 saturated heterocycles. The van der Waals surface area contributed by atoms with Gasteiger partial charge in [0.2, 0.25) is 0 Å². The summed E-state index contributed by atoms with van der Waals surface area (Å²) < 4.78 is 5.23. The number of ether oxygens (including phenoxy) is 1. The molecule has 0 bridgehead atoms. The second-order valence-electron chi connectivity index (χ2n) is 3.93. The van der Waals surface area contributed by atoms with E-state index in [9.17, 15) is 0 Å². The summed E-state index contributed by atoms with van der Waals surface area (Å²) in [4.78, 5) is 4.08. The molecule has 1 aromatic heterocycles. The first-order valence-electron chi connectivity index (χ1n) is 5.30. The summed E-state index contributed by atoms with van der Waals surface area (Å²) in [6.07, 6.45) is 2.56. The summed E-state index contributed by atoms with van der Waals surface area (Å²) in [7, 11) is 1.68. The lowest BCUT2D eigenvalue weighted by Gasteiger charge is -2.22. The topological polar surface area (TPSA) is 86.2 Å². The van der Waals surface area contributed by atoms with E-state index in [1.165, 1.54) is 0 Å². The zero-order valence-corrected chi connectivity index (χ0v) is 10.0. The third-order valence-electron chi connectivity index (χ3n) is 2.76. The van der Waals surface area contributed by atoms with Crippen molar-refractivity contribution in [3.8, 4) is 0 Å². The predicted molar refractivity (Wildman–Crippen MR) is 64.5 cm³/mol. The number of methoxy groups -OCH3 is 1. The van der Waals surface area contributed by atoms with Gasteiger partial charge in [0.15, 0.2) is 0 Å². The lowest BCUT2D eigenvalue weighted by molar-refractivity contribution is 0.100. The Bertz CT molecular complexity index is 323. The minimum absolute atomic E-state index is 0.0383. The molecule has 1 aromatic rings. The summed E-state index contributed by atoms with van der Waals surface area (Å²) in [6, 6.07) is 1.89. The predicted octanol–water partition coefficient (Wildman–Crippen LogP) is 0.902. The lowest BCUT2D eigenvalue weighted by atomic mass is 9.98. The van der Waals surface area contributed by atoms with Gasteiger partial charge in [-0.3, -0.25) is 11.3 Å². The molecule has 0 amide bonds. The SMILES string of the molecule is COC(C)CC(NN)c1c(C)ccnc1N. The second-order valence-corrected chi connectivity index (χ2v) is 3.93. The van der Waals surface area contributed by atoms with E-state index in [1.54, 1.807) is 13.3 Å². The molecule has 1 heterocycles. The van der Waals surface area contributed by atoms with Crippen LogP contribution in [0.2, 0.25) is 0 Å². The largest absolute Gasteiger partial charge is 0.383 e. The van der Waals surface area contributed by atoms with Crippen molar-refractivity contribution in [3.05, 3.63) is 23.4 Å². The summed E-state index contributed by atoms with van der Waals surface area (Å²) in [5.74, 6) is 6.08. The molecule has 0 aromatic carbocycles. The first kappa shape index (κ1) is 12.9. The van der Waals surface area contributed by atoms with Crippen LogP contribution < -0.4 is 17.0 Å². The minimum atomic E-state index is -0.0383. The summed E-state index contributed by atoms with van der Waals surface area (Å²) >= 11 is 0. The van der Waals surface area contributed by atoms with Crippen molar-refractivity contribution in [2.24, 2.45) is 5.84 Å². The lowest BCUT2D eigenvalue weighted by Crippen LogP contribution is -2.32. The fourth-order valence-electron chi connectivity index (χ4n) is 1.74. The number of aryl methyl sites for hydroxylation is 1. The molecule has 2 unspecified atom stereocenters. The molecule has 0 saturated carbocycles. The Morgan fingerprint density at radius 2 is 2.25 bits per heavy atom.